The molecule has 0 bridgehead atoms. The number of benzene rings is 1. The molecule has 1 fully saturated rings. The van der Waals surface area contributed by atoms with Crippen molar-refractivity contribution >= 4 is 17.7 Å². The third-order valence-electron chi connectivity index (χ3n) is 5.24. The number of para-hydroxylation sites is 1. The molecule has 0 saturated heterocycles. The number of hydrogen-bond donors (Lipinski definition) is 0. The molecule has 4 heterocycles. The van der Waals surface area contributed by atoms with Gasteiger partial charge in [0.1, 0.15) is 12.3 Å². The smallest absolute Gasteiger partial charge is 0.345 e. The van der Waals surface area contributed by atoms with E-state index in [9.17, 15) is 4.39 Å². The molecule has 2 aromatic heterocycles. The Morgan fingerprint density at radius 2 is 2.11 bits per heavy atom. The van der Waals surface area contributed by atoms with E-state index < -0.39 is 11.7 Å². The van der Waals surface area contributed by atoms with Gasteiger partial charge in [0.15, 0.2) is 11.7 Å². The SMILES string of the molecule is COC1(c2noc(N3CN=C4c5ccccc5-n5c(cnc5F)N43)n2)CC1. The lowest BCUT2D eigenvalue weighted by atomic mass is 10.1. The van der Waals surface area contributed by atoms with Gasteiger partial charge in [-0.25, -0.2) is 20.0 Å². The van der Waals surface area contributed by atoms with Crippen molar-refractivity contribution in [2.45, 2.75) is 18.4 Å². The minimum atomic E-state index is -0.592. The number of hydrazine groups is 1. The average molecular weight is 367 g/mol. The number of amidine groups is 1. The first-order chi connectivity index (χ1) is 13.2. The zero-order valence-corrected chi connectivity index (χ0v) is 14.3. The number of aromatic nitrogens is 4. The van der Waals surface area contributed by atoms with Gasteiger partial charge in [0.05, 0.1) is 11.9 Å². The van der Waals surface area contributed by atoms with Gasteiger partial charge in [-0.15, -0.1) is 0 Å². The fraction of sp³-hybridized carbons (Fsp3) is 0.294. The maximum atomic E-state index is 14.4. The maximum absolute atomic E-state index is 14.4. The van der Waals surface area contributed by atoms with Crippen LogP contribution in [0, 0.1) is 6.08 Å². The molecule has 0 spiro atoms. The quantitative estimate of drug-likeness (QED) is 0.700. The first-order valence-corrected chi connectivity index (χ1v) is 8.56. The van der Waals surface area contributed by atoms with Crippen LogP contribution in [-0.2, 0) is 10.3 Å². The summed E-state index contributed by atoms with van der Waals surface area (Å²) in [7, 11) is 1.64. The van der Waals surface area contributed by atoms with Crippen LogP contribution < -0.4 is 10.0 Å². The molecule has 9 nitrogen and oxygen atoms in total. The minimum Gasteiger partial charge on any atom is -0.370 e. The molecule has 1 saturated carbocycles. The van der Waals surface area contributed by atoms with Crippen molar-refractivity contribution in [2.24, 2.45) is 4.99 Å². The van der Waals surface area contributed by atoms with Crippen LogP contribution in [0.4, 0.5) is 16.2 Å². The van der Waals surface area contributed by atoms with Crippen molar-refractivity contribution in [1.82, 2.24) is 19.7 Å². The number of imidazole rings is 1. The van der Waals surface area contributed by atoms with Gasteiger partial charge in [-0.2, -0.15) is 9.37 Å². The third kappa shape index (κ3) is 1.85. The summed E-state index contributed by atoms with van der Waals surface area (Å²) in [6.07, 6.45) is 2.60. The number of rotatable bonds is 3. The number of nitrogens with zero attached hydrogens (tertiary/aromatic N) is 7. The molecule has 27 heavy (non-hydrogen) atoms. The Balaban J connectivity index is 1.46. The molecule has 0 N–H and O–H groups in total. The van der Waals surface area contributed by atoms with Gasteiger partial charge in [-0.05, 0) is 25.0 Å². The minimum absolute atomic E-state index is 0.276. The second-order valence-corrected chi connectivity index (χ2v) is 6.67. The van der Waals surface area contributed by atoms with E-state index in [1.807, 2.05) is 24.3 Å². The second-order valence-electron chi connectivity index (χ2n) is 6.67. The Kier molecular flexibility index (Phi) is 2.70. The molecule has 3 aromatic rings. The molecule has 1 aliphatic carbocycles. The van der Waals surface area contributed by atoms with Crippen LogP contribution in [0.3, 0.4) is 0 Å². The summed E-state index contributed by atoms with van der Waals surface area (Å²) in [6.45, 7) is 0.276. The number of fused-ring (bicyclic) bond motifs is 6. The van der Waals surface area contributed by atoms with E-state index in [1.54, 1.807) is 17.1 Å². The number of aliphatic imine (C=N–C) groups is 1. The molecular weight excluding hydrogens is 353 g/mol. The highest BCUT2D eigenvalue weighted by Gasteiger charge is 2.50. The van der Waals surface area contributed by atoms with E-state index in [0.29, 0.717) is 23.2 Å². The monoisotopic (exact) mass is 367 g/mol. The van der Waals surface area contributed by atoms with Crippen molar-refractivity contribution in [1.29, 1.82) is 0 Å². The molecule has 3 aliphatic rings. The zero-order valence-electron chi connectivity index (χ0n) is 14.3. The van der Waals surface area contributed by atoms with Crippen molar-refractivity contribution in [3.05, 3.63) is 47.9 Å². The van der Waals surface area contributed by atoms with Gasteiger partial charge in [-0.1, -0.05) is 17.3 Å². The second kappa shape index (κ2) is 4.92. The summed E-state index contributed by atoms with van der Waals surface area (Å²) in [6, 6.07) is 7.76. The molecule has 6 rings (SSSR count). The largest absolute Gasteiger partial charge is 0.370 e. The summed E-state index contributed by atoms with van der Waals surface area (Å²) in [4.78, 5) is 13.0. The van der Waals surface area contributed by atoms with Gasteiger partial charge in [0.25, 0.3) is 6.08 Å². The number of anilines is 2. The Morgan fingerprint density at radius 1 is 1.26 bits per heavy atom. The van der Waals surface area contributed by atoms with Crippen LogP contribution in [0.1, 0.15) is 24.2 Å². The fourth-order valence-electron chi connectivity index (χ4n) is 3.64. The van der Waals surface area contributed by atoms with Crippen LogP contribution in [-0.4, -0.2) is 39.3 Å². The first kappa shape index (κ1) is 14.9. The van der Waals surface area contributed by atoms with Crippen molar-refractivity contribution in [2.75, 3.05) is 23.8 Å². The molecule has 136 valence electrons. The number of hydrogen-bond acceptors (Lipinski definition) is 8. The molecular formula is C17H14FN7O2. The van der Waals surface area contributed by atoms with Crippen LogP contribution in [0.5, 0.6) is 0 Å². The lowest BCUT2D eigenvalue weighted by Gasteiger charge is -2.32. The van der Waals surface area contributed by atoms with E-state index in [-0.39, 0.29) is 12.7 Å². The highest BCUT2D eigenvalue weighted by molar-refractivity contribution is 6.16. The Morgan fingerprint density at radius 3 is 2.93 bits per heavy atom. The third-order valence-corrected chi connectivity index (χ3v) is 5.24. The van der Waals surface area contributed by atoms with Crippen LogP contribution in [0.2, 0.25) is 0 Å². The number of methoxy groups -OCH3 is 1. The normalized spacial score (nSPS) is 18.8. The van der Waals surface area contributed by atoms with Crippen LogP contribution in [0.15, 0.2) is 40.0 Å². The fourth-order valence-corrected chi connectivity index (χ4v) is 3.64. The van der Waals surface area contributed by atoms with Crippen molar-refractivity contribution in [3.8, 4) is 5.69 Å². The summed E-state index contributed by atoms with van der Waals surface area (Å²) in [5.74, 6) is 1.73. The van der Waals surface area contributed by atoms with Crippen LogP contribution in [0.25, 0.3) is 5.69 Å². The van der Waals surface area contributed by atoms with Crippen molar-refractivity contribution < 1.29 is 13.7 Å². The Bertz CT molecular complexity index is 1100. The van der Waals surface area contributed by atoms with E-state index in [1.165, 1.54) is 10.8 Å². The molecule has 2 aliphatic heterocycles. The zero-order chi connectivity index (χ0) is 18.2. The van der Waals surface area contributed by atoms with Gasteiger partial charge in [0.2, 0.25) is 5.82 Å². The van der Waals surface area contributed by atoms with Gasteiger partial charge >= 0.3 is 6.01 Å². The summed E-state index contributed by atoms with van der Waals surface area (Å²) in [5.41, 5.74) is 1.05. The van der Waals surface area contributed by atoms with Gasteiger partial charge in [0, 0.05) is 12.7 Å². The Labute approximate surface area is 152 Å². The topological polar surface area (TPSA) is 84.8 Å². The van der Waals surface area contributed by atoms with Crippen LogP contribution >= 0.6 is 0 Å². The number of halogens is 1. The molecule has 1 aromatic carbocycles. The Hall–Kier alpha value is -3.27. The summed E-state index contributed by atoms with van der Waals surface area (Å²) >= 11 is 0. The highest BCUT2D eigenvalue weighted by Crippen LogP contribution is 2.48. The molecule has 0 radical (unpaired) electrons. The highest BCUT2D eigenvalue weighted by atomic mass is 19.1. The predicted molar refractivity (Wildman–Crippen MR) is 92.1 cm³/mol. The summed E-state index contributed by atoms with van der Waals surface area (Å²) < 4.78 is 26.9. The standard InChI is InChI=1S/C17H14FN7O2/c1-26-17(6-7-17)14-21-16(27-22-14)23-9-20-13-10-4-2-3-5-11(10)24-12(25(13)23)8-19-15(24)18/h2-5,8H,6-7,9H2,1H3. The molecule has 10 heteroatoms. The van der Waals surface area contributed by atoms with Gasteiger partial charge in [-0.3, -0.25) is 4.57 Å². The first-order valence-electron chi connectivity index (χ1n) is 8.56. The van der Waals surface area contributed by atoms with E-state index >= 15 is 0 Å². The molecule has 0 unspecified atom stereocenters. The predicted octanol–water partition coefficient (Wildman–Crippen LogP) is 1.99. The lowest BCUT2D eigenvalue weighted by molar-refractivity contribution is 0.0689. The summed E-state index contributed by atoms with van der Waals surface area (Å²) in [5, 5.41) is 7.54. The number of ether oxygens (including phenoxy) is 1. The van der Waals surface area contributed by atoms with E-state index in [2.05, 4.69) is 20.1 Å². The lowest BCUT2D eigenvalue weighted by Crippen LogP contribution is -2.45. The maximum Gasteiger partial charge on any atom is 0.345 e. The molecule has 0 amide bonds. The average Bonchev–Trinajstić information content (AvgIpc) is 3.03. The molecule has 0 atom stereocenters. The van der Waals surface area contributed by atoms with Crippen molar-refractivity contribution in [3.63, 3.8) is 0 Å². The van der Waals surface area contributed by atoms with E-state index in [0.717, 1.165) is 18.4 Å². The van der Waals surface area contributed by atoms with Gasteiger partial charge < -0.3 is 9.26 Å². The van der Waals surface area contributed by atoms with E-state index in [4.69, 9.17) is 9.26 Å².